The maximum atomic E-state index is 13.7. The summed E-state index contributed by atoms with van der Waals surface area (Å²) in [6.45, 7) is 6.88. The molecule has 11 heteroatoms. The molecule has 0 bridgehead atoms. The number of benzene rings is 2. The number of rotatable bonds is 6. The minimum atomic E-state index is -3.78. The zero-order valence-electron chi connectivity index (χ0n) is 21.5. The van der Waals surface area contributed by atoms with Crippen LogP contribution in [0.15, 0.2) is 59.8 Å². The van der Waals surface area contributed by atoms with Gasteiger partial charge >= 0.3 is 0 Å². The Kier molecular flexibility index (Phi) is 7.20. The van der Waals surface area contributed by atoms with Crippen LogP contribution < -0.4 is 14.5 Å². The second-order valence-corrected chi connectivity index (χ2v) is 11.4. The summed E-state index contributed by atoms with van der Waals surface area (Å²) < 4.78 is 41.7. The van der Waals surface area contributed by atoms with Gasteiger partial charge in [-0.2, -0.15) is 0 Å². The summed E-state index contributed by atoms with van der Waals surface area (Å²) in [7, 11) is -3.78. The Bertz CT molecular complexity index is 1430. The Morgan fingerprint density at radius 1 is 1.03 bits per heavy atom. The van der Waals surface area contributed by atoms with Gasteiger partial charge in [0.1, 0.15) is 24.0 Å². The SMILES string of the molecule is Cc1cc(NS(=O)(=O)c2ccc(N3CCN(C(=O)[C@@H](C)N4CCCc5cc(F)ccc54)CC3)cc2)ncn1.[HH]. The number of hydrogen-bond acceptors (Lipinski definition) is 7. The van der Waals surface area contributed by atoms with E-state index in [4.69, 9.17) is 0 Å². The lowest BCUT2D eigenvalue weighted by Crippen LogP contribution is -2.55. The van der Waals surface area contributed by atoms with E-state index in [0.717, 1.165) is 36.3 Å². The summed E-state index contributed by atoms with van der Waals surface area (Å²) in [5.41, 5.74) is 3.45. The fourth-order valence-corrected chi connectivity index (χ4v) is 6.12. The van der Waals surface area contributed by atoms with E-state index in [-0.39, 0.29) is 29.9 Å². The molecule has 3 heterocycles. The highest BCUT2D eigenvalue weighted by Gasteiger charge is 2.31. The number of carbonyl (C=O) groups is 1. The van der Waals surface area contributed by atoms with Gasteiger partial charge in [-0.15, -0.1) is 0 Å². The molecule has 5 rings (SSSR count). The molecule has 0 unspecified atom stereocenters. The van der Waals surface area contributed by atoms with Gasteiger partial charge in [-0.3, -0.25) is 9.52 Å². The number of aromatic nitrogens is 2. The quantitative estimate of drug-likeness (QED) is 0.511. The van der Waals surface area contributed by atoms with E-state index in [1.165, 1.54) is 12.4 Å². The van der Waals surface area contributed by atoms with Gasteiger partial charge in [0.15, 0.2) is 0 Å². The number of sulfonamides is 1. The number of piperazine rings is 1. The van der Waals surface area contributed by atoms with Crippen LogP contribution in [0.25, 0.3) is 0 Å². The number of amides is 1. The van der Waals surface area contributed by atoms with Gasteiger partial charge in [-0.25, -0.2) is 22.8 Å². The highest BCUT2D eigenvalue weighted by molar-refractivity contribution is 7.92. The summed E-state index contributed by atoms with van der Waals surface area (Å²) in [6, 6.07) is 12.7. The lowest BCUT2D eigenvalue weighted by molar-refractivity contribution is -0.132. The monoisotopic (exact) mass is 540 g/mol. The highest BCUT2D eigenvalue weighted by atomic mass is 32.2. The van der Waals surface area contributed by atoms with E-state index in [2.05, 4.69) is 24.5 Å². The zero-order chi connectivity index (χ0) is 26.9. The minimum absolute atomic E-state index is 0. The predicted molar refractivity (Wildman–Crippen MR) is 146 cm³/mol. The lowest BCUT2D eigenvalue weighted by atomic mass is 9.99. The Balaban J connectivity index is 0.00000353. The largest absolute Gasteiger partial charge is 0.368 e. The van der Waals surface area contributed by atoms with Crippen LogP contribution in [0.3, 0.4) is 0 Å². The lowest BCUT2D eigenvalue weighted by Gasteiger charge is -2.41. The van der Waals surface area contributed by atoms with Crippen molar-refractivity contribution in [2.45, 2.75) is 37.6 Å². The van der Waals surface area contributed by atoms with Gasteiger partial charge < -0.3 is 14.7 Å². The second kappa shape index (κ2) is 10.6. The van der Waals surface area contributed by atoms with Gasteiger partial charge in [-0.05, 0) is 74.7 Å². The summed E-state index contributed by atoms with van der Waals surface area (Å²) >= 11 is 0. The number of fused-ring (bicyclic) bond motifs is 1. The molecule has 2 aromatic carbocycles. The van der Waals surface area contributed by atoms with E-state index in [9.17, 15) is 17.6 Å². The molecule has 1 fully saturated rings. The zero-order valence-corrected chi connectivity index (χ0v) is 22.3. The number of hydrogen-bond donors (Lipinski definition) is 1. The van der Waals surface area contributed by atoms with Crippen LogP contribution in [0, 0.1) is 12.7 Å². The molecule has 9 nitrogen and oxygen atoms in total. The summed E-state index contributed by atoms with van der Waals surface area (Å²) in [5, 5.41) is 0. The Hall–Kier alpha value is -3.73. The first-order chi connectivity index (χ1) is 18.2. The molecular weight excluding hydrogens is 507 g/mol. The van der Waals surface area contributed by atoms with E-state index in [1.807, 2.05) is 11.8 Å². The number of nitrogens with one attached hydrogen (secondary N) is 1. The van der Waals surface area contributed by atoms with E-state index < -0.39 is 10.0 Å². The Labute approximate surface area is 223 Å². The van der Waals surface area contributed by atoms with E-state index in [0.29, 0.717) is 31.9 Å². The van der Waals surface area contributed by atoms with Crippen molar-refractivity contribution in [3.63, 3.8) is 0 Å². The van der Waals surface area contributed by atoms with E-state index >= 15 is 0 Å². The summed E-state index contributed by atoms with van der Waals surface area (Å²) in [4.78, 5) is 27.5. The molecule has 2 aliphatic heterocycles. The van der Waals surface area contributed by atoms with Crippen molar-refractivity contribution in [1.29, 1.82) is 0 Å². The molecule has 1 amide bonds. The number of aryl methyl sites for hydroxylation is 2. The molecule has 0 aliphatic carbocycles. The maximum absolute atomic E-state index is 13.7. The number of anilines is 3. The third-order valence-electron chi connectivity index (χ3n) is 7.17. The van der Waals surface area contributed by atoms with Gasteiger partial charge in [-0.1, -0.05) is 0 Å². The molecule has 1 aromatic heterocycles. The standard InChI is InChI=1S/C27H31FN6O3S.H2/c1-19-16-26(30-18-29-19)31-38(36,37)24-8-6-23(7-9-24)32-12-14-33(15-13-32)27(35)20(2)34-11-3-4-21-17-22(28)5-10-25(21)34;/h5-10,16-18,20H,3-4,11-15H2,1-2H3,(H,29,30,31);1H/t20-;/m1./s1. The first-order valence-corrected chi connectivity index (χ1v) is 14.2. The fraction of sp³-hybridized carbons (Fsp3) is 0.370. The van der Waals surface area contributed by atoms with Crippen molar-refractivity contribution in [3.05, 3.63) is 71.9 Å². The fourth-order valence-electron chi connectivity index (χ4n) is 5.12. The third-order valence-corrected chi connectivity index (χ3v) is 8.54. The van der Waals surface area contributed by atoms with E-state index in [1.54, 1.807) is 49.4 Å². The topological polar surface area (TPSA) is 98.7 Å². The van der Waals surface area contributed by atoms with Crippen LogP contribution in [0.4, 0.5) is 21.6 Å². The molecule has 1 atom stereocenters. The van der Waals surface area contributed by atoms with Crippen LogP contribution in [-0.4, -0.2) is 68.0 Å². The predicted octanol–water partition coefficient (Wildman–Crippen LogP) is 3.46. The maximum Gasteiger partial charge on any atom is 0.263 e. The van der Waals surface area contributed by atoms with Gasteiger partial charge in [0.25, 0.3) is 10.0 Å². The molecular formula is C27H33FN6O3S. The van der Waals surface area contributed by atoms with Crippen LogP contribution in [0.1, 0.15) is 26.0 Å². The third kappa shape index (κ3) is 5.42. The normalized spacial score (nSPS) is 16.7. The molecule has 0 spiro atoms. The second-order valence-electron chi connectivity index (χ2n) is 9.70. The molecule has 38 heavy (non-hydrogen) atoms. The van der Waals surface area contributed by atoms with Crippen LogP contribution in [-0.2, 0) is 21.2 Å². The molecule has 202 valence electrons. The summed E-state index contributed by atoms with van der Waals surface area (Å²) in [6.07, 6.45) is 3.02. The Morgan fingerprint density at radius 3 is 2.47 bits per heavy atom. The van der Waals surface area contributed by atoms with Crippen LogP contribution in [0.5, 0.6) is 0 Å². The van der Waals surface area contributed by atoms with Crippen molar-refractivity contribution < 1.29 is 19.0 Å². The highest BCUT2D eigenvalue weighted by Crippen LogP contribution is 2.30. The van der Waals surface area contributed by atoms with Crippen molar-refractivity contribution >= 4 is 33.1 Å². The van der Waals surface area contributed by atoms with Crippen molar-refractivity contribution in [2.75, 3.05) is 47.2 Å². The molecule has 0 radical (unpaired) electrons. The average Bonchev–Trinajstić information content (AvgIpc) is 2.91. The molecule has 2 aliphatic rings. The molecule has 1 N–H and O–H groups in total. The molecule has 3 aromatic rings. The van der Waals surface area contributed by atoms with Gasteiger partial charge in [0.05, 0.1) is 4.90 Å². The van der Waals surface area contributed by atoms with Gasteiger partial charge in [0.2, 0.25) is 5.91 Å². The van der Waals surface area contributed by atoms with Crippen molar-refractivity contribution in [3.8, 4) is 0 Å². The number of nitrogens with zero attached hydrogens (tertiary/aromatic N) is 5. The smallest absolute Gasteiger partial charge is 0.263 e. The summed E-state index contributed by atoms with van der Waals surface area (Å²) in [5.74, 6) is 0.0366. The first-order valence-electron chi connectivity index (χ1n) is 12.7. The van der Waals surface area contributed by atoms with Gasteiger partial charge in [0, 0.05) is 57.3 Å². The number of carbonyl (C=O) groups excluding carboxylic acids is 1. The van der Waals surface area contributed by atoms with Crippen LogP contribution >= 0.6 is 0 Å². The van der Waals surface area contributed by atoms with Crippen LogP contribution in [0.2, 0.25) is 0 Å². The minimum Gasteiger partial charge on any atom is -0.368 e. The Morgan fingerprint density at radius 2 is 1.76 bits per heavy atom. The molecule has 0 saturated carbocycles. The molecule has 1 saturated heterocycles. The van der Waals surface area contributed by atoms with Crippen molar-refractivity contribution in [2.24, 2.45) is 0 Å². The first kappa shape index (κ1) is 25.9. The number of halogens is 1. The average molecular weight is 541 g/mol. The van der Waals surface area contributed by atoms with Crippen molar-refractivity contribution in [1.82, 2.24) is 14.9 Å².